The second-order valence-electron chi connectivity index (χ2n) is 5.51. The van der Waals surface area contributed by atoms with Crippen LogP contribution in [0.15, 0.2) is 22.7 Å². The molecule has 0 saturated carbocycles. The quantitative estimate of drug-likeness (QED) is 0.755. The van der Waals surface area contributed by atoms with Crippen LogP contribution >= 0.6 is 15.9 Å². The number of benzene rings is 1. The zero-order valence-corrected chi connectivity index (χ0v) is 13.4. The van der Waals surface area contributed by atoms with Gasteiger partial charge in [-0.2, -0.15) is 0 Å². The van der Waals surface area contributed by atoms with Gasteiger partial charge in [0.2, 0.25) is 0 Å². The van der Waals surface area contributed by atoms with E-state index in [9.17, 15) is 4.79 Å². The fraction of sp³-hybridized carbons (Fsp3) is 0.533. The first-order valence-electron chi connectivity index (χ1n) is 6.52. The Morgan fingerprint density at radius 2 is 2.05 bits per heavy atom. The zero-order chi connectivity index (χ0) is 14.5. The van der Waals surface area contributed by atoms with Gasteiger partial charge in [0, 0.05) is 4.47 Å². The Bertz CT molecular complexity index is 444. The highest BCUT2D eigenvalue weighted by atomic mass is 79.9. The van der Waals surface area contributed by atoms with Crippen LogP contribution in [-0.2, 0) is 11.2 Å². The summed E-state index contributed by atoms with van der Waals surface area (Å²) in [6.45, 7) is 7.22. The second-order valence-corrected chi connectivity index (χ2v) is 6.43. The van der Waals surface area contributed by atoms with Crippen molar-refractivity contribution in [2.75, 3.05) is 13.1 Å². The summed E-state index contributed by atoms with van der Waals surface area (Å²) >= 11 is 3.48. The minimum atomic E-state index is -0.739. The molecule has 0 atom stereocenters. The van der Waals surface area contributed by atoms with Gasteiger partial charge >= 0.3 is 5.97 Å². The van der Waals surface area contributed by atoms with Crippen LogP contribution in [0.4, 0.5) is 0 Å². The maximum absolute atomic E-state index is 11.0. The molecule has 0 radical (unpaired) electrons. The number of carboxylic acids is 1. The Morgan fingerprint density at radius 3 is 2.68 bits per heavy atom. The second kappa shape index (κ2) is 7.06. The number of aliphatic carboxylic acids is 1. The lowest BCUT2D eigenvalue weighted by Gasteiger charge is -2.19. The van der Waals surface area contributed by atoms with E-state index in [-0.39, 0.29) is 0 Å². The number of nitrogens with one attached hydrogen (secondary N) is 1. The van der Waals surface area contributed by atoms with Crippen molar-refractivity contribution in [2.45, 2.75) is 33.6 Å². The summed E-state index contributed by atoms with van der Waals surface area (Å²) in [5.41, 5.74) is 1.95. The van der Waals surface area contributed by atoms with Crippen LogP contribution < -0.4 is 5.32 Å². The maximum atomic E-state index is 11.0. The lowest BCUT2D eigenvalue weighted by Crippen LogP contribution is -2.29. The maximum Gasteiger partial charge on any atom is 0.309 e. The Hall–Kier alpha value is -0.870. The Balaban J connectivity index is 2.32. The van der Waals surface area contributed by atoms with Crippen LogP contribution in [0.3, 0.4) is 0 Å². The molecule has 0 aliphatic heterocycles. The van der Waals surface area contributed by atoms with Crippen molar-refractivity contribution in [1.82, 2.24) is 5.32 Å². The molecular formula is C15H22BrNO2. The molecule has 0 aliphatic carbocycles. The van der Waals surface area contributed by atoms with Gasteiger partial charge in [-0.3, -0.25) is 4.79 Å². The monoisotopic (exact) mass is 327 g/mol. The third-order valence-corrected chi connectivity index (χ3v) is 3.88. The van der Waals surface area contributed by atoms with E-state index in [1.165, 1.54) is 11.1 Å². The first kappa shape index (κ1) is 16.2. The van der Waals surface area contributed by atoms with Crippen LogP contribution in [0.5, 0.6) is 0 Å². The van der Waals surface area contributed by atoms with Crippen LogP contribution in [-0.4, -0.2) is 24.2 Å². The first-order valence-corrected chi connectivity index (χ1v) is 7.31. The van der Waals surface area contributed by atoms with Gasteiger partial charge in [-0.05, 0) is 70.0 Å². The standard InChI is InChI=1S/C15H22BrNO2/c1-11-4-5-13(16)10-12(11)6-8-17-9-7-15(2,3)14(18)19/h4-5,10,17H,6-9H2,1-3H3,(H,18,19). The van der Waals surface area contributed by atoms with E-state index in [0.29, 0.717) is 6.42 Å². The van der Waals surface area contributed by atoms with Gasteiger partial charge < -0.3 is 10.4 Å². The van der Waals surface area contributed by atoms with Crippen LogP contribution in [0.1, 0.15) is 31.4 Å². The Labute approximate surface area is 123 Å². The Morgan fingerprint density at radius 1 is 1.37 bits per heavy atom. The lowest BCUT2D eigenvalue weighted by atomic mass is 9.90. The van der Waals surface area contributed by atoms with Crippen molar-refractivity contribution >= 4 is 21.9 Å². The van der Waals surface area contributed by atoms with E-state index in [1.807, 2.05) is 6.07 Å². The molecule has 19 heavy (non-hydrogen) atoms. The molecule has 3 nitrogen and oxygen atoms in total. The van der Waals surface area contributed by atoms with Crippen molar-refractivity contribution in [1.29, 1.82) is 0 Å². The smallest absolute Gasteiger partial charge is 0.309 e. The molecule has 0 fully saturated rings. The zero-order valence-electron chi connectivity index (χ0n) is 11.8. The summed E-state index contributed by atoms with van der Waals surface area (Å²) in [6, 6.07) is 6.28. The molecule has 4 heteroatoms. The molecular weight excluding hydrogens is 306 g/mol. The minimum absolute atomic E-state index is 0.639. The number of rotatable bonds is 7. The fourth-order valence-electron chi connectivity index (χ4n) is 1.77. The molecule has 0 aliphatic rings. The number of hydrogen-bond acceptors (Lipinski definition) is 2. The van der Waals surface area contributed by atoms with E-state index in [1.54, 1.807) is 13.8 Å². The summed E-state index contributed by atoms with van der Waals surface area (Å²) in [4.78, 5) is 11.0. The van der Waals surface area contributed by atoms with Crippen molar-refractivity contribution in [3.05, 3.63) is 33.8 Å². The Kier molecular flexibility index (Phi) is 6.01. The third kappa shape index (κ3) is 5.33. The third-order valence-electron chi connectivity index (χ3n) is 3.39. The molecule has 0 unspecified atom stereocenters. The highest BCUT2D eigenvalue weighted by Crippen LogP contribution is 2.19. The molecule has 0 heterocycles. The van der Waals surface area contributed by atoms with Gasteiger partial charge in [-0.25, -0.2) is 0 Å². The molecule has 1 rings (SSSR count). The van der Waals surface area contributed by atoms with Crippen molar-refractivity contribution < 1.29 is 9.90 Å². The molecule has 0 bridgehead atoms. The number of carboxylic acid groups (broad SMARTS) is 1. The van der Waals surface area contributed by atoms with Gasteiger partial charge in [-0.15, -0.1) is 0 Å². The number of hydrogen-bond donors (Lipinski definition) is 2. The van der Waals surface area contributed by atoms with Crippen molar-refractivity contribution in [3.8, 4) is 0 Å². The molecule has 0 aromatic heterocycles. The van der Waals surface area contributed by atoms with Gasteiger partial charge in [0.15, 0.2) is 0 Å². The number of carbonyl (C=O) groups is 1. The van der Waals surface area contributed by atoms with Crippen LogP contribution in [0, 0.1) is 12.3 Å². The lowest BCUT2D eigenvalue weighted by molar-refractivity contribution is -0.147. The molecule has 2 N–H and O–H groups in total. The largest absolute Gasteiger partial charge is 0.481 e. The molecule has 0 saturated heterocycles. The molecule has 106 valence electrons. The predicted molar refractivity (Wildman–Crippen MR) is 81.5 cm³/mol. The van der Waals surface area contributed by atoms with Crippen molar-refractivity contribution in [3.63, 3.8) is 0 Å². The fourth-order valence-corrected chi connectivity index (χ4v) is 2.17. The van der Waals surface area contributed by atoms with Gasteiger partial charge in [0.25, 0.3) is 0 Å². The topological polar surface area (TPSA) is 49.3 Å². The van der Waals surface area contributed by atoms with Gasteiger partial charge in [0.05, 0.1) is 5.41 Å². The van der Waals surface area contributed by atoms with Gasteiger partial charge in [-0.1, -0.05) is 22.0 Å². The summed E-state index contributed by atoms with van der Waals surface area (Å²) in [7, 11) is 0. The van der Waals surface area contributed by atoms with E-state index < -0.39 is 11.4 Å². The van der Waals surface area contributed by atoms with Crippen molar-refractivity contribution in [2.24, 2.45) is 5.41 Å². The predicted octanol–water partition coefficient (Wildman–Crippen LogP) is 3.39. The van der Waals surface area contributed by atoms with E-state index in [0.717, 1.165) is 24.0 Å². The van der Waals surface area contributed by atoms with E-state index >= 15 is 0 Å². The van der Waals surface area contributed by atoms with E-state index in [4.69, 9.17) is 5.11 Å². The SMILES string of the molecule is Cc1ccc(Br)cc1CCNCCC(C)(C)C(=O)O. The van der Waals surface area contributed by atoms with E-state index in [2.05, 4.69) is 40.3 Å². The number of halogens is 1. The molecule has 1 aromatic carbocycles. The van der Waals surface area contributed by atoms with Crippen LogP contribution in [0.2, 0.25) is 0 Å². The van der Waals surface area contributed by atoms with Gasteiger partial charge in [0.1, 0.15) is 0 Å². The number of aryl methyl sites for hydroxylation is 1. The molecule has 0 spiro atoms. The van der Waals surface area contributed by atoms with Crippen LogP contribution in [0.25, 0.3) is 0 Å². The highest BCUT2D eigenvalue weighted by Gasteiger charge is 2.25. The summed E-state index contributed by atoms with van der Waals surface area (Å²) < 4.78 is 1.10. The summed E-state index contributed by atoms with van der Waals surface area (Å²) in [5.74, 6) is -0.739. The molecule has 1 aromatic rings. The minimum Gasteiger partial charge on any atom is -0.481 e. The highest BCUT2D eigenvalue weighted by molar-refractivity contribution is 9.10. The average Bonchev–Trinajstić information content (AvgIpc) is 2.32. The average molecular weight is 328 g/mol. The summed E-state index contributed by atoms with van der Waals surface area (Å²) in [5, 5.41) is 12.3. The molecule has 0 amide bonds. The summed E-state index contributed by atoms with van der Waals surface area (Å²) in [6.07, 6.45) is 1.60. The first-order chi connectivity index (χ1) is 8.83. The normalized spacial score (nSPS) is 11.6.